The molecule has 1 N–H and O–H groups in total. The summed E-state index contributed by atoms with van der Waals surface area (Å²) in [5, 5.41) is 0. The van der Waals surface area contributed by atoms with Gasteiger partial charge in [-0.25, -0.2) is 14.4 Å². The lowest BCUT2D eigenvalue weighted by Gasteiger charge is -2.30. The second kappa shape index (κ2) is 9.47. The molecular weight excluding hydrogens is 423 g/mol. The monoisotopic (exact) mass is 452 g/mol. The highest BCUT2D eigenvalue weighted by atomic mass is 19.1. The lowest BCUT2D eigenvalue weighted by molar-refractivity contribution is -0.142. The number of esters is 1. The molecule has 2 fully saturated rings. The number of carbonyl (C=O) groups is 1. The molecule has 3 aromatic rings. The van der Waals surface area contributed by atoms with Crippen LogP contribution in [0.4, 0.5) is 10.2 Å². The van der Waals surface area contributed by atoms with Crippen LogP contribution < -0.4 is 4.90 Å². The van der Waals surface area contributed by atoms with Gasteiger partial charge in [0.2, 0.25) is 0 Å². The highest BCUT2D eigenvalue weighted by Crippen LogP contribution is 2.31. The highest BCUT2D eigenvalue weighted by Gasteiger charge is 2.30. The molecule has 1 aliphatic carbocycles. The number of H-pyrrole nitrogens is 1. The molecule has 1 saturated heterocycles. The van der Waals surface area contributed by atoms with Gasteiger partial charge in [0.15, 0.2) is 0 Å². The second-order valence-corrected chi connectivity index (χ2v) is 9.07. The topological polar surface area (TPSA) is 80.3 Å². The quantitative estimate of drug-likeness (QED) is 0.556. The Hall–Kier alpha value is -3.00. The summed E-state index contributed by atoms with van der Waals surface area (Å²) in [6.07, 6.45) is 7.85. The lowest BCUT2D eigenvalue weighted by Crippen LogP contribution is -2.30. The molecule has 1 atom stereocenters. The maximum Gasteiger partial charge on any atom is 0.305 e. The summed E-state index contributed by atoms with van der Waals surface area (Å²) in [4.78, 5) is 26.1. The average molecular weight is 453 g/mol. The van der Waals surface area contributed by atoms with Gasteiger partial charge in [0, 0.05) is 31.3 Å². The number of hydrogen-bond acceptors (Lipinski definition) is 6. The van der Waals surface area contributed by atoms with Crippen molar-refractivity contribution in [1.29, 1.82) is 0 Å². The number of nitrogens with one attached hydrogen (secondary N) is 1. The first-order valence-corrected chi connectivity index (χ1v) is 11.7. The van der Waals surface area contributed by atoms with E-state index >= 15 is 0 Å². The Kier molecular flexibility index (Phi) is 6.26. The number of aromatic amines is 1. The van der Waals surface area contributed by atoms with Crippen LogP contribution in [-0.4, -0.2) is 53.3 Å². The number of halogens is 1. The van der Waals surface area contributed by atoms with Gasteiger partial charge in [0.25, 0.3) is 0 Å². The molecule has 1 aromatic carbocycles. The van der Waals surface area contributed by atoms with Crippen LogP contribution >= 0.6 is 0 Å². The van der Waals surface area contributed by atoms with Gasteiger partial charge in [-0.2, -0.15) is 0 Å². The predicted molar refractivity (Wildman–Crippen MR) is 123 cm³/mol. The number of imidazole rings is 1. The summed E-state index contributed by atoms with van der Waals surface area (Å²) in [7, 11) is 1.45. The number of pyridine rings is 1. The van der Waals surface area contributed by atoms with Gasteiger partial charge >= 0.3 is 5.97 Å². The molecule has 33 heavy (non-hydrogen) atoms. The fourth-order valence-electron chi connectivity index (χ4n) is 4.94. The van der Waals surface area contributed by atoms with Gasteiger partial charge in [-0.1, -0.05) is 0 Å². The van der Waals surface area contributed by atoms with Gasteiger partial charge in [0.1, 0.15) is 17.5 Å². The van der Waals surface area contributed by atoms with Crippen molar-refractivity contribution in [3.05, 3.63) is 42.3 Å². The van der Waals surface area contributed by atoms with Crippen LogP contribution in [0.25, 0.3) is 22.4 Å². The number of methoxy groups -OCH3 is 1. The zero-order valence-electron chi connectivity index (χ0n) is 18.8. The van der Waals surface area contributed by atoms with Crippen LogP contribution in [0.2, 0.25) is 0 Å². The Labute approximate surface area is 192 Å². The number of rotatable bonds is 6. The van der Waals surface area contributed by atoms with E-state index in [2.05, 4.69) is 19.9 Å². The fraction of sp³-hybridized carbons (Fsp3) is 0.480. The fourth-order valence-corrected chi connectivity index (χ4v) is 4.94. The Morgan fingerprint density at radius 3 is 2.76 bits per heavy atom. The van der Waals surface area contributed by atoms with Crippen LogP contribution in [0.3, 0.4) is 0 Å². The van der Waals surface area contributed by atoms with Gasteiger partial charge in [0.05, 0.1) is 30.4 Å². The largest absolute Gasteiger partial charge is 0.469 e. The maximum atomic E-state index is 13.4. The normalized spacial score (nSPS) is 23.2. The number of anilines is 1. The van der Waals surface area contributed by atoms with Crippen molar-refractivity contribution >= 4 is 22.8 Å². The van der Waals surface area contributed by atoms with E-state index in [0.717, 1.165) is 62.1 Å². The van der Waals surface area contributed by atoms with Crippen LogP contribution in [0, 0.1) is 11.7 Å². The Balaban J connectivity index is 1.14. The first-order valence-electron chi connectivity index (χ1n) is 11.7. The van der Waals surface area contributed by atoms with E-state index in [1.165, 1.54) is 19.2 Å². The molecule has 2 aliphatic rings. The van der Waals surface area contributed by atoms with Gasteiger partial charge in [-0.3, -0.25) is 4.79 Å². The number of ether oxygens (including phenoxy) is 2. The maximum absolute atomic E-state index is 13.4. The smallest absolute Gasteiger partial charge is 0.305 e. The highest BCUT2D eigenvalue weighted by molar-refractivity contribution is 5.79. The minimum Gasteiger partial charge on any atom is -0.469 e. The third kappa shape index (κ3) is 5.00. The molecule has 0 bridgehead atoms. The van der Waals surface area contributed by atoms with Crippen molar-refractivity contribution in [3.8, 4) is 11.4 Å². The van der Waals surface area contributed by atoms with Gasteiger partial charge in [-0.15, -0.1) is 0 Å². The zero-order chi connectivity index (χ0) is 22.8. The van der Waals surface area contributed by atoms with E-state index in [-0.39, 0.29) is 24.0 Å². The van der Waals surface area contributed by atoms with Crippen molar-refractivity contribution in [2.24, 2.45) is 5.92 Å². The molecule has 0 unspecified atom stereocenters. The van der Waals surface area contributed by atoms with E-state index in [0.29, 0.717) is 23.7 Å². The summed E-state index contributed by atoms with van der Waals surface area (Å²) in [6, 6.07) is 8.52. The minimum absolute atomic E-state index is 0.112. The molecule has 0 spiro atoms. The number of hydrogen-bond donors (Lipinski definition) is 1. The predicted octanol–water partition coefficient (Wildman–Crippen LogP) is 4.48. The van der Waals surface area contributed by atoms with Crippen LogP contribution in [0.15, 0.2) is 36.5 Å². The van der Waals surface area contributed by atoms with Crippen molar-refractivity contribution in [2.75, 3.05) is 25.1 Å². The van der Waals surface area contributed by atoms with E-state index in [1.807, 2.05) is 12.1 Å². The molecule has 7 nitrogen and oxygen atoms in total. The van der Waals surface area contributed by atoms with Crippen LogP contribution in [0.1, 0.15) is 38.5 Å². The molecule has 174 valence electrons. The summed E-state index contributed by atoms with van der Waals surface area (Å²) in [5.41, 5.74) is 2.27. The van der Waals surface area contributed by atoms with Crippen molar-refractivity contribution in [1.82, 2.24) is 15.0 Å². The number of benzene rings is 1. The number of nitrogens with zero attached hydrogens (tertiary/aromatic N) is 3. The summed E-state index contributed by atoms with van der Waals surface area (Å²) < 4.78 is 24.6. The second-order valence-electron chi connectivity index (χ2n) is 9.07. The van der Waals surface area contributed by atoms with Crippen LogP contribution in [-0.2, 0) is 14.3 Å². The van der Waals surface area contributed by atoms with Crippen molar-refractivity contribution < 1.29 is 18.7 Å². The third-order valence-electron chi connectivity index (χ3n) is 6.80. The van der Waals surface area contributed by atoms with E-state index in [1.54, 1.807) is 12.3 Å². The van der Waals surface area contributed by atoms with E-state index in [9.17, 15) is 9.18 Å². The van der Waals surface area contributed by atoms with Crippen LogP contribution in [0.5, 0.6) is 0 Å². The first-order chi connectivity index (χ1) is 16.1. The Bertz CT molecular complexity index is 1110. The SMILES string of the molecule is COC(=O)CC1CCC(O[C@H]2CCN(c3ccc(-c4nc5ccc(F)cc5[nH]4)cn3)C2)CC1. The molecule has 8 heteroatoms. The number of carbonyl (C=O) groups excluding carboxylic acids is 1. The third-order valence-corrected chi connectivity index (χ3v) is 6.80. The van der Waals surface area contributed by atoms with E-state index < -0.39 is 0 Å². The van der Waals surface area contributed by atoms with Gasteiger partial charge < -0.3 is 19.4 Å². The zero-order valence-corrected chi connectivity index (χ0v) is 18.8. The minimum atomic E-state index is -0.286. The summed E-state index contributed by atoms with van der Waals surface area (Å²) in [5.74, 6) is 1.63. The molecule has 5 rings (SSSR count). The molecule has 2 aromatic heterocycles. The molecule has 0 amide bonds. The Morgan fingerprint density at radius 2 is 2.00 bits per heavy atom. The van der Waals surface area contributed by atoms with E-state index in [4.69, 9.17) is 9.47 Å². The molecule has 1 aliphatic heterocycles. The number of fused-ring (bicyclic) bond motifs is 1. The molecule has 1 saturated carbocycles. The Morgan fingerprint density at radius 1 is 1.15 bits per heavy atom. The molecular formula is C25H29FN4O3. The summed E-state index contributed by atoms with van der Waals surface area (Å²) >= 11 is 0. The average Bonchev–Trinajstić information content (AvgIpc) is 3.47. The van der Waals surface area contributed by atoms with Crippen molar-refractivity contribution in [2.45, 2.75) is 50.7 Å². The van der Waals surface area contributed by atoms with Gasteiger partial charge in [-0.05, 0) is 68.4 Å². The standard InChI is InChI=1S/C25H29FN4O3/c1-32-24(31)12-16-2-6-19(7-3-16)33-20-10-11-30(15-20)23-9-4-17(14-27-23)25-28-21-8-5-18(26)13-22(21)29-25/h4-5,8-9,13-14,16,19-20H,2-3,6-7,10-12,15H2,1H3,(H,28,29)/t16?,19?,20-/m0/s1. The molecule has 0 radical (unpaired) electrons. The molecule has 3 heterocycles. The lowest BCUT2D eigenvalue weighted by atomic mass is 9.85. The van der Waals surface area contributed by atoms with Crippen molar-refractivity contribution in [3.63, 3.8) is 0 Å². The first kappa shape index (κ1) is 21.8. The number of aromatic nitrogens is 3. The summed E-state index contributed by atoms with van der Waals surface area (Å²) in [6.45, 7) is 1.75.